The summed E-state index contributed by atoms with van der Waals surface area (Å²) in [5.41, 5.74) is 4.44. The zero-order valence-electron chi connectivity index (χ0n) is 16.1. The van der Waals surface area contributed by atoms with Crippen LogP contribution in [0.3, 0.4) is 0 Å². The van der Waals surface area contributed by atoms with E-state index in [2.05, 4.69) is 18.9 Å². The van der Waals surface area contributed by atoms with E-state index in [-0.39, 0.29) is 12.4 Å². The first-order chi connectivity index (χ1) is 12.3. The van der Waals surface area contributed by atoms with Gasteiger partial charge in [0.25, 0.3) is 0 Å². The molecule has 26 heavy (non-hydrogen) atoms. The highest BCUT2D eigenvalue weighted by Crippen LogP contribution is 2.19. The quantitative estimate of drug-likeness (QED) is 0.428. The van der Waals surface area contributed by atoms with Gasteiger partial charge in [0.1, 0.15) is 0 Å². The topological polar surface area (TPSA) is 61.2 Å². The van der Waals surface area contributed by atoms with Crippen molar-refractivity contribution in [2.75, 3.05) is 6.61 Å². The average molecular weight is 354 g/mol. The predicted octanol–water partition coefficient (Wildman–Crippen LogP) is 3.99. The lowest BCUT2D eigenvalue weighted by molar-refractivity contribution is -0.136. The lowest BCUT2D eigenvalue weighted by atomic mass is 9.97. The number of nitrogens with zero attached hydrogens (tertiary/aromatic N) is 2. The molecule has 2 aromatic rings. The minimum atomic E-state index is -0.544. The fourth-order valence-electron chi connectivity index (χ4n) is 2.68. The van der Waals surface area contributed by atoms with Crippen LogP contribution in [0.2, 0.25) is 0 Å². The van der Waals surface area contributed by atoms with E-state index in [0.29, 0.717) is 11.5 Å². The van der Waals surface area contributed by atoms with Crippen LogP contribution in [-0.4, -0.2) is 28.1 Å². The van der Waals surface area contributed by atoms with E-state index in [1.165, 1.54) is 11.6 Å². The van der Waals surface area contributed by atoms with Crippen LogP contribution in [0.15, 0.2) is 30.3 Å². The van der Waals surface area contributed by atoms with E-state index < -0.39 is 5.97 Å². The molecule has 0 aliphatic carbocycles. The molecule has 0 saturated carbocycles. The van der Waals surface area contributed by atoms with E-state index in [1.54, 1.807) is 22.9 Å². The first kappa shape index (κ1) is 19.6. The monoisotopic (exact) mass is 354 g/mol. The molecule has 0 aliphatic heterocycles. The van der Waals surface area contributed by atoms with Crippen LogP contribution in [0, 0.1) is 13.8 Å². The summed E-state index contributed by atoms with van der Waals surface area (Å²) in [6, 6.07) is 7.49. The molecule has 0 bridgehead atoms. The fraction of sp³-hybridized carbons (Fsp3) is 0.381. The van der Waals surface area contributed by atoms with Gasteiger partial charge in [0, 0.05) is 29.9 Å². The number of ether oxygens (including phenoxy) is 1. The molecule has 138 valence electrons. The fourth-order valence-corrected chi connectivity index (χ4v) is 2.68. The Labute approximate surface area is 154 Å². The lowest BCUT2D eigenvalue weighted by Gasteiger charge is -2.09. The van der Waals surface area contributed by atoms with E-state index >= 15 is 0 Å². The second-order valence-corrected chi connectivity index (χ2v) is 6.50. The van der Waals surface area contributed by atoms with E-state index in [0.717, 1.165) is 23.4 Å². The number of esters is 1. The number of rotatable bonds is 7. The number of hydrogen-bond donors (Lipinski definition) is 0. The summed E-state index contributed by atoms with van der Waals surface area (Å²) in [4.78, 5) is 24.0. The normalized spacial score (nSPS) is 12.3. The van der Waals surface area contributed by atoms with Crippen molar-refractivity contribution in [1.82, 2.24) is 9.78 Å². The molecule has 0 unspecified atom stereocenters. The zero-order valence-corrected chi connectivity index (χ0v) is 16.1. The smallest absolute Gasteiger partial charge is 0.331 e. The van der Waals surface area contributed by atoms with Crippen LogP contribution in [0.1, 0.15) is 59.1 Å². The minimum Gasteiger partial charge on any atom is -0.454 e. The van der Waals surface area contributed by atoms with E-state index in [9.17, 15) is 9.59 Å². The van der Waals surface area contributed by atoms with Crippen molar-refractivity contribution in [3.05, 3.63) is 58.4 Å². The largest absolute Gasteiger partial charge is 0.454 e. The second kappa shape index (κ2) is 8.61. The van der Waals surface area contributed by atoms with Crippen molar-refractivity contribution in [3.8, 4) is 0 Å². The van der Waals surface area contributed by atoms with Gasteiger partial charge in [-0.25, -0.2) is 4.79 Å². The van der Waals surface area contributed by atoms with Gasteiger partial charge >= 0.3 is 5.97 Å². The molecule has 2 rings (SSSR count). The Balaban J connectivity index is 1.92. The number of Topliss-reactive ketones (excluding diaryl/α,β-unsaturated/α-hetero) is 1. The Morgan fingerprint density at radius 3 is 2.42 bits per heavy atom. The number of aryl methyl sites for hydroxylation is 2. The van der Waals surface area contributed by atoms with Gasteiger partial charge in [0.2, 0.25) is 0 Å². The standard InChI is InChI=1S/C21H26N2O3/c1-6-14(2)17-7-9-18(10-8-17)20(24)13-26-21(25)12-11-19-15(3)22-23(5)16(19)4/h7-12,14H,6,13H2,1-5H3/b12-11+/t14-/m1/s1. The summed E-state index contributed by atoms with van der Waals surface area (Å²) in [5, 5.41) is 4.29. The van der Waals surface area contributed by atoms with Crippen molar-refractivity contribution in [3.63, 3.8) is 0 Å². The number of hydrogen-bond acceptors (Lipinski definition) is 4. The van der Waals surface area contributed by atoms with Crippen LogP contribution in [0.5, 0.6) is 0 Å². The molecule has 0 fully saturated rings. The number of ketones is 1. The molecule has 0 radical (unpaired) electrons. The molecule has 1 heterocycles. The Morgan fingerprint density at radius 2 is 1.88 bits per heavy atom. The molecule has 0 spiro atoms. The third kappa shape index (κ3) is 4.69. The van der Waals surface area contributed by atoms with Gasteiger partial charge in [0.05, 0.1) is 5.69 Å². The maximum Gasteiger partial charge on any atom is 0.331 e. The average Bonchev–Trinajstić information content (AvgIpc) is 2.89. The van der Waals surface area contributed by atoms with Crippen molar-refractivity contribution < 1.29 is 14.3 Å². The molecule has 5 nitrogen and oxygen atoms in total. The van der Waals surface area contributed by atoms with Crippen LogP contribution < -0.4 is 0 Å². The van der Waals surface area contributed by atoms with Crippen molar-refractivity contribution in [1.29, 1.82) is 0 Å². The molecule has 0 N–H and O–H groups in total. The Morgan fingerprint density at radius 1 is 1.23 bits per heavy atom. The number of carbonyl (C=O) groups excluding carboxylic acids is 2. The van der Waals surface area contributed by atoms with Crippen LogP contribution in [0.25, 0.3) is 6.08 Å². The molecule has 1 aromatic heterocycles. The zero-order chi connectivity index (χ0) is 19.3. The molecule has 1 atom stereocenters. The third-order valence-electron chi connectivity index (χ3n) is 4.71. The summed E-state index contributed by atoms with van der Waals surface area (Å²) in [6.07, 6.45) is 4.05. The number of aromatic nitrogens is 2. The highest BCUT2D eigenvalue weighted by Gasteiger charge is 2.11. The van der Waals surface area contributed by atoms with Gasteiger partial charge in [-0.05, 0) is 37.8 Å². The highest BCUT2D eigenvalue weighted by atomic mass is 16.5. The van der Waals surface area contributed by atoms with Gasteiger partial charge in [-0.3, -0.25) is 9.48 Å². The molecule has 0 aliphatic rings. The molecular formula is C21H26N2O3. The number of carbonyl (C=O) groups is 2. The van der Waals surface area contributed by atoms with Gasteiger partial charge in [-0.1, -0.05) is 38.1 Å². The minimum absolute atomic E-state index is 0.212. The molecule has 0 amide bonds. The Kier molecular flexibility index (Phi) is 6.50. The van der Waals surface area contributed by atoms with Gasteiger partial charge in [-0.2, -0.15) is 5.10 Å². The third-order valence-corrected chi connectivity index (χ3v) is 4.71. The van der Waals surface area contributed by atoms with Crippen LogP contribution in [0.4, 0.5) is 0 Å². The number of benzene rings is 1. The summed E-state index contributed by atoms with van der Waals surface area (Å²) in [5.74, 6) is -0.296. The Hall–Kier alpha value is -2.69. The molecule has 0 saturated heterocycles. The van der Waals surface area contributed by atoms with Crippen LogP contribution >= 0.6 is 0 Å². The predicted molar refractivity (Wildman–Crippen MR) is 102 cm³/mol. The SMILES string of the molecule is CC[C@@H](C)c1ccc(C(=O)COC(=O)/C=C/c2c(C)nn(C)c2C)cc1. The van der Waals surface area contributed by atoms with Gasteiger partial charge in [0.15, 0.2) is 12.4 Å². The van der Waals surface area contributed by atoms with E-state index in [1.807, 2.05) is 33.0 Å². The lowest BCUT2D eigenvalue weighted by Crippen LogP contribution is -2.12. The van der Waals surface area contributed by atoms with Crippen molar-refractivity contribution >= 4 is 17.8 Å². The maximum absolute atomic E-state index is 12.2. The first-order valence-corrected chi connectivity index (χ1v) is 8.81. The van der Waals surface area contributed by atoms with Gasteiger partial charge < -0.3 is 4.74 Å². The summed E-state index contributed by atoms with van der Waals surface area (Å²) >= 11 is 0. The summed E-state index contributed by atoms with van der Waals surface area (Å²) < 4.78 is 6.82. The molecular weight excluding hydrogens is 328 g/mol. The van der Waals surface area contributed by atoms with Crippen LogP contribution in [-0.2, 0) is 16.6 Å². The molecule has 5 heteroatoms. The van der Waals surface area contributed by atoms with Crippen molar-refractivity contribution in [2.24, 2.45) is 7.05 Å². The van der Waals surface area contributed by atoms with E-state index in [4.69, 9.17) is 4.74 Å². The second-order valence-electron chi connectivity index (χ2n) is 6.50. The Bertz CT molecular complexity index is 817. The highest BCUT2D eigenvalue weighted by molar-refractivity contribution is 5.99. The maximum atomic E-state index is 12.2. The van der Waals surface area contributed by atoms with Crippen molar-refractivity contribution in [2.45, 2.75) is 40.0 Å². The molecule has 1 aromatic carbocycles. The summed E-state index contributed by atoms with van der Waals surface area (Å²) in [7, 11) is 1.85. The van der Waals surface area contributed by atoms with Gasteiger partial charge in [-0.15, -0.1) is 0 Å². The summed E-state index contributed by atoms with van der Waals surface area (Å²) in [6.45, 7) is 7.82. The first-order valence-electron chi connectivity index (χ1n) is 8.81.